The van der Waals surface area contributed by atoms with E-state index in [1.54, 1.807) is 12.1 Å². The van der Waals surface area contributed by atoms with E-state index in [4.69, 9.17) is 32.7 Å². The van der Waals surface area contributed by atoms with E-state index < -0.39 is 35.2 Å². The number of methoxy groups -OCH3 is 2. The van der Waals surface area contributed by atoms with Gasteiger partial charge in [-0.05, 0) is 36.4 Å². The Kier molecular flexibility index (Phi) is 7.65. The molecule has 0 saturated heterocycles. The standard InChI is InChI=1S/C24H19Cl2N5O7/c1-37-22(35)10-3-11(23(36)38-2)5-14(4-10)27-20(33)16-9-17(32)29-19-18(16)21(34)31-24(30-19)28-15-7-12(25)6-13(26)8-15/h3-8,16H,9H2,1-2H3,(H,27,33)(H3,28,29,30,31,32,34). The number of halogens is 2. The van der Waals surface area contributed by atoms with E-state index in [1.807, 2.05) is 0 Å². The normalized spacial score (nSPS) is 14.1. The van der Waals surface area contributed by atoms with Crippen molar-refractivity contribution < 1.29 is 28.7 Å². The first-order valence-electron chi connectivity index (χ1n) is 10.9. The minimum absolute atomic E-state index is 0.0242. The van der Waals surface area contributed by atoms with Crippen LogP contribution in [-0.2, 0) is 19.1 Å². The highest BCUT2D eigenvalue weighted by Crippen LogP contribution is 2.31. The van der Waals surface area contributed by atoms with Gasteiger partial charge in [0.15, 0.2) is 0 Å². The van der Waals surface area contributed by atoms with Gasteiger partial charge in [0.25, 0.3) is 5.56 Å². The van der Waals surface area contributed by atoms with Gasteiger partial charge in [-0.1, -0.05) is 23.2 Å². The highest BCUT2D eigenvalue weighted by Gasteiger charge is 2.35. The number of esters is 2. The maximum Gasteiger partial charge on any atom is 0.337 e. The van der Waals surface area contributed by atoms with Crippen LogP contribution in [0.3, 0.4) is 0 Å². The van der Waals surface area contributed by atoms with Crippen molar-refractivity contribution in [3.8, 4) is 0 Å². The second kappa shape index (κ2) is 10.9. The van der Waals surface area contributed by atoms with Crippen LogP contribution in [0, 0.1) is 0 Å². The Bertz CT molecular complexity index is 1480. The zero-order valence-electron chi connectivity index (χ0n) is 19.8. The molecule has 14 heteroatoms. The van der Waals surface area contributed by atoms with Gasteiger partial charge in [0, 0.05) is 27.8 Å². The van der Waals surface area contributed by atoms with E-state index >= 15 is 0 Å². The van der Waals surface area contributed by atoms with Crippen molar-refractivity contribution in [2.24, 2.45) is 0 Å². The van der Waals surface area contributed by atoms with Crippen molar-refractivity contribution in [2.45, 2.75) is 12.3 Å². The van der Waals surface area contributed by atoms with Crippen LogP contribution in [0.1, 0.15) is 38.6 Å². The summed E-state index contributed by atoms with van der Waals surface area (Å²) in [7, 11) is 2.32. The van der Waals surface area contributed by atoms with Gasteiger partial charge in [-0.2, -0.15) is 4.98 Å². The van der Waals surface area contributed by atoms with Crippen LogP contribution >= 0.6 is 23.2 Å². The molecule has 2 aromatic carbocycles. The molecule has 2 amide bonds. The number of rotatable bonds is 6. The van der Waals surface area contributed by atoms with E-state index in [0.717, 1.165) is 14.2 Å². The van der Waals surface area contributed by atoms with Crippen molar-refractivity contribution in [3.63, 3.8) is 0 Å². The summed E-state index contributed by atoms with van der Waals surface area (Å²) < 4.78 is 9.39. The minimum atomic E-state index is -1.23. The molecule has 4 rings (SSSR count). The topological polar surface area (TPSA) is 169 Å². The van der Waals surface area contributed by atoms with Crippen molar-refractivity contribution >= 4 is 70.1 Å². The smallest absolute Gasteiger partial charge is 0.337 e. The van der Waals surface area contributed by atoms with E-state index in [9.17, 15) is 24.0 Å². The number of aromatic nitrogens is 2. The van der Waals surface area contributed by atoms with Crippen molar-refractivity contribution in [2.75, 3.05) is 30.2 Å². The summed E-state index contributed by atoms with van der Waals surface area (Å²) in [6, 6.07) is 8.43. The van der Waals surface area contributed by atoms with E-state index in [2.05, 4.69) is 25.9 Å². The van der Waals surface area contributed by atoms with E-state index in [0.29, 0.717) is 15.7 Å². The molecule has 0 bridgehead atoms. The average molecular weight is 560 g/mol. The summed E-state index contributed by atoms with van der Waals surface area (Å²) >= 11 is 12.0. The Morgan fingerprint density at radius 3 is 2.11 bits per heavy atom. The van der Waals surface area contributed by atoms with Crippen molar-refractivity contribution in [3.05, 3.63) is 73.5 Å². The van der Waals surface area contributed by atoms with Gasteiger partial charge >= 0.3 is 11.9 Å². The van der Waals surface area contributed by atoms with Gasteiger partial charge < -0.3 is 25.4 Å². The summed E-state index contributed by atoms with van der Waals surface area (Å²) in [4.78, 5) is 69.5. The number of amides is 2. The zero-order chi connectivity index (χ0) is 27.6. The third-order valence-corrected chi connectivity index (χ3v) is 5.87. The fourth-order valence-corrected chi connectivity index (χ4v) is 4.34. The van der Waals surface area contributed by atoms with E-state index in [1.165, 1.54) is 24.3 Å². The number of anilines is 4. The van der Waals surface area contributed by atoms with Crippen molar-refractivity contribution in [1.29, 1.82) is 0 Å². The Morgan fingerprint density at radius 1 is 0.921 bits per heavy atom. The SMILES string of the molecule is COC(=O)c1cc(NC(=O)C2CC(=O)Nc3nc(Nc4cc(Cl)cc(Cl)c4)[nH]c(=O)c32)cc(C(=O)OC)c1. The Hall–Kier alpha value is -4.42. The fraction of sp³-hybridized carbons (Fsp3) is 0.167. The molecule has 0 spiro atoms. The van der Waals surface area contributed by atoms with Gasteiger partial charge in [-0.15, -0.1) is 0 Å². The average Bonchev–Trinajstić information content (AvgIpc) is 2.86. The predicted octanol–water partition coefficient (Wildman–Crippen LogP) is 3.46. The number of ether oxygens (including phenoxy) is 2. The number of nitrogens with one attached hydrogen (secondary N) is 4. The molecule has 0 aliphatic carbocycles. The molecule has 196 valence electrons. The predicted molar refractivity (Wildman–Crippen MR) is 138 cm³/mol. The number of carbonyl (C=O) groups is 4. The second-order valence-corrected chi connectivity index (χ2v) is 8.91. The van der Waals surface area contributed by atoms with Crippen LogP contribution < -0.4 is 21.5 Å². The molecule has 2 heterocycles. The second-order valence-electron chi connectivity index (χ2n) is 8.04. The third kappa shape index (κ3) is 5.76. The first-order chi connectivity index (χ1) is 18.1. The first kappa shape index (κ1) is 26.6. The molecule has 0 radical (unpaired) electrons. The van der Waals surface area contributed by atoms with Gasteiger partial charge in [0.2, 0.25) is 17.8 Å². The number of hydrogen-bond acceptors (Lipinski definition) is 9. The number of H-pyrrole nitrogens is 1. The van der Waals surface area contributed by atoms with Crippen LogP contribution in [0.25, 0.3) is 0 Å². The first-order valence-corrected chi connectivity index (χ1v) is 11.6. The number of hydrogen-bond donors (Lipinski definition) is 4. The Balaban J connectivity index is 1.66. The lowest BCUT2D eigenvalue weighted by Crippen LogP contribution is -2.36. The van der Waals surface area contributed by atoms with Crippen LogP contribution in [-0.4, -0.2) is 47.9 Å². The van der Waals surface area contributed by atoms with Crippen LogP contribution in [0.4, 0.5) is 23.1 Å². The van der Waals surface area contributed by atoms with Crippen LogP contribution in [0.2, 0.25) is 10.0 Å². The molecule has 12 nitrogen and oxygen atoms in total. The Labute approximate surface area is 224 Å². The molecule has 1 aromatic heterocycles. The monoisotopic (exact) mass is 559 g/mol. The number of aromatic amines is 1. The summed E-state index contributed by atoms with van der Waals surface area (Å²) in [6.45, 7) is 0. The highest BCUT2D eigenvalue weighted by atomic mass is 35.5. The van der Waals surface area contributed by atoms with Gasteiger partial charge in [0.05, 0.1) is 36.8 Å². The molecule has 1 atom stereocenters. The van der Waals surface area contributed by atoms with E-state index in [-0.39, 0.29) is 40.6 Å². The molecule has 1 aliphatic rings. The lowest BCUT2D eigenvalue weighted by Gasteiger charge is -2.24. The summed E-state index contributed by atoms with van der Waals surface area (Å²) in [6.07, 6.45) is -0.346. The molecule has 1 unspecified atom stereocenters. The van der Waals surface area contributed by atoms with Gasteiger partial charge in [-0.25, -0.2) is 9.59 Å². The zero-order valence-corrected chi connectivity index (χ0v) is 21.3. The maximum absolute atomic E-state index is 13.2. The lowest BCUT2D eigenvalue weighted by atomic mass is 9.92. The molecule has 0 fully saturated rings. The molecule has 1 aliphatic heterocycles. The molecule has 4 N–H and O–H groups in total. The van der Waals surface area contributed by atoms with Crippen LogP contribution in [0.5, 0.6) is 0 Å². The molecule has 0 saturated carbocycles. The van der Waals surface area contributed by atoms with Crippen molar-refractivity contribution in [1.82, 2.24) is 9.97 Å². The van der Waals surface area contributed by atoms with Crippen LogP contribution in [0.15, 0.2) is 41.2 Å². The number of fused-ring (bicyclic) bond motifs is 1. The fourth-order valence-electron chi connectivity index (χ4n) is 3.82. The molecular weight excluding hydrogens is 541 g/mol. The lowest BCUT2D eigenvalue weighted by molar-refractivity contribution is -0.123. The third-order valence-electron chi connectivity index (χ3n) is 5.44. The highest BCUT2D eigenvalue weighted by molar-refractivity contribution is 6.35. The quantitative estimate of drug-likeness (QED) is 0.330. The molecule has 3 aromatic rings. The largest absolute Gasteiger partial charge is 0.465 e. The molecule has 38 heavy (non-hydrogen) atoms. The summed E-state index contributed by atoms with van der Waals surface area (Å²) in [5.41, 5.74) is -0.327. The minimum Gasteiger partial charge on any atom is -0.465 e. The van der Waals surface area contributed by atoms with Gasteiger partial charge in [0.1, 0.15) is 5.82 Å². The number of benzene rings is 2. The summed E-state index contributed by atoms with van der Waals surface area (Å²) in [5, 5.41) is 8.58. The number of carbonyl (C=O) groups excluding carboxylic acids is 4. The number of nitrogens with zero attached hydrogens (tertiary/aromatic N) is 1. The Morgan fingerprint density at radius 2 is 1.53 bits per heavy atom. The maximum atomic E-state index is 13.2. The molecular formula is C24H19Cl2N5O7. The summed E-state index contributed by atoms with van der Waals surface area (Å²) in [5.74, 6) is -4.17. The van der Waals surface area contributed by atoms with Gasteiger partial charge in [-0.3, -0.25) is 19.4 Å².